The number of ether oxygens (including phenoxy) is 2. The molecule has 0 fully saturated rings. The van der Waals surface area contributed by atoms with Crippen LogP contribution in [0.15, 0.2) is 103 Å². The molecule has 0 unspecified atom stereocenters. The zero-order valence-corrected chi connectivity index (χ0v) is 23.3. The molecule has 0 saturated carbocycles. The van der Waals surface area contributed by atoms with Gasteiger partial charge in [-0.05, 0) is 46.9 Å². The molecule has 9 heteroatoms. The number of nitrogens with one attached hydrogen (secondary N) is 1. The van der Waals surface area contributed by atoms with Crippen LogP contribution in [0.2, 0.25) is 0 Å². The smallest absolute Gasteiger partial charge is 0.407 e. The fourth-order valence-corrected chi connectivity index (χ4v) is 5.43. The molecule has 216 valence electrons. The third kappa shape index (κ3) is 5.50. The van der Waals surface area contributed by atoms with Crippen molar-refractivity contribution >= 4 is 23.9 Å². The van der Waals surface area contributed by atoms with E-state index in [1.165, 1.54) is 12.1 Å². The number of alkyl carbamates (subject to hydrolysis) is 1. The molecule has 1 N–H and O–H groups in total. The molecule has 4 aromatic carbocycles. The molecule has 1 aliphatic heterocycles. The second kappa shape index (κ2) is 11.9. The molecule has 2 aliphatic rings. The summed E-state index contributed by atoms with van der Waals surface area (Å²) in [6, 6.07) is 29.9. The van der Waals surface area contributed by atoms with Gasteiger partial charge in [-0.2, -0.15) is 0 Å². The van der Waals surface area contributed by atoms with Crippen molar-refractivity contribution in [3.8, 4) is 11.1 Å². The van der Waals surface area contributed by atoms with Crippen molar-refractivity contribution in [1.29, 1.82) is 0 Å². The maximum absolute atomic E-state index is 13.4. The predicted octanol–water partition coefficient (Wildman–Crippen LogP) is 5.25. The van der Waals surface area contributed by atoms with E-state index in [-0.39, 0.29) is 30.3 Å². The molecular formula is C34H28N2O7. The first-order valence-electron chi connectivity index (χ1n) is 13.9. The maximum Gasteiger partial charge on any atom is 0.407 e. The van der Waals surface area contributed by atoms with Crippen LogP contribution in [0, 0.1) is 0 Å². The molecule has 0 bridgehead atoms. The molecule has 4 aromatic rings. The van der Waals surface area contributed by atoms with Gasteiger partial charge >= 0.3 is 12.1 Å². The molecular weight excluding hydrogens is 548 g/mol. The Morgan fingerprint density at radius 3 is 1.84 bits per heavy atom. The van der Waals surface area contributed by atoms with Crippen molar-refractivity contribution in [3.63, 3.8) is 0 Å². The second-order valence-electron chi connectivity index (χ2n) is 10.3. The number of carbonyl (C=O) groups is 4. The molecule has 2 atom stereocenters. The SMILES string of the molecule is C[C@@H](OCc1ccccc1)[C@H](NC(=O)OCC1c2ccccc2-c2ccccc21)C(=O)ON1C(=O)c2ccccc2C1=O. The topological polar surface area (TPSA) is 111 Å². The number of carbonyl (C=O) groups excluding carboxylic acids is 4. The van der Waals surface area contributed by atoms with E-state index in [1.54, 1.807) is 19.1 Å². The van der Waals surface area contributed by atoms with Gasteiger partial charge in [0.2, 0.25) is 0 Å². The summed E-state index contributed by atoms with van der Waals surface area (Å²) < 4.78 is 11.5. The summed E-state index contributed by atoms with van der Waals surface area (Å²) in [4.78, 5) is 57.4. The van der Waals surface area contributed by atoms with Crippen molar-refractivity contribution in [2.24, 2.45) is 0 Å². The molecule has 1 heterocycles. The maximum atomic E-state index is 13.4. The van der Waals surface area contributed by atoms with Gasteiger partial charge in [-0.15, -0.1) is 0 Å². The summed E-state index contributed by atoms with van der Waals surface area (Å²) in [7, 11) is 0. The molecule has 43 heavy (non-hydrogen) atoms. The van der Waals surface area contributed by atoms with E-state index in [0.717, 1.165) is 27.8 Å². The molecule has 0 spiro atoms. The number of nitrogens with zero attached hydrogens (tertiary/aromatic N) is 1. The van der Waals surface area contributed by atoms with Crippen molar-refractivity contribution in [2.75, 3.05) is 6.61 Å². The lowest BCUT2D eigenvalue weighted by Gasteiger charge is -2.25. The number of amides is 3. The first-order valence-corrected chi connectivity index (χ1v) is 13.9. The lowest BCUT2D eigenvalue weighted by molar-refractivity contribution is -0.175. The highest BCUT2D eigenvalue weighted by molar-refractivity contribution is 6.21. The summed E-state index contributed by atoms with van der Waals surface area (Å²) in [6.45, 7) is 1.76. The van der Waals surface area contributed by atoms with Gasteiger partial charge in [0.15, 0.2) is 6.04 Å². The minimum absolute atomic E-state index is 0.0271. The monoisotopic (exact) mass is 576 g/mol. The van der Waals surface area contributed by atoms with Crippen LogP contribution in [0.3, 0.4) is 0 Å². The van der Waals surface area contributed by atoms with Gasteiger partial charge in [-0.3, -0.25) is 9.59 Å². The molecule has 9 nitrogen and oxygen atoms in total. The van der Waals surface area contributed by atoms with Crippen LogP contribution in [-0.2, 0) is 25.7 Å². The summed E-state index contributed by atoms with van der Waals surface area (Å²) in [5, 5.41) is 2.95. The molecule has 0 aromatic heterocycles. The Hall–Kier alpha value is -5.28. The van der Waals surface area contributed by atoms with Crippen LogP contribution in [0.5, 0.6) is 0 Å². The van der Waals surface area contributed by atoms with Gasteiger partial charge in [-0.25, -0.2) is 9.59 Å². The minimum atomic E-state index is -1.40. The van der Waals surface area contributed by atoms with Gasteiger partial charge in [0.25, 0.3) is 11.8 Å². The number of imide groups is 1. The number of hydrogen-bond acceptors (Lipinski definition) is 7. The zero-order chi connectivity index (χ0) is 29.9. The van der Waals surface area contributed by atoms with E-state index in [9.17, 15) is 19.2 Å². The fourth-order valence-electron chi connectivity index (χ4n) is 5.43. The normalized spacial score (nSPS) is 14.9. The van der Waals surface area contributed by atoms with Crippen LogP contribution in [-0.4, -0.2) is 47.7 Å². The number of fused-ring (bicyclic) bond motifs is 4. The lowest BCUT2D eigenvalue weighted by atomic mass is 9.98. The predicted molar refractivity (Wildman–Crippen MR) is 156 cm³/mol. The Bertz CT molecular complexity index is 1620. The Kier molecular flexibility index (Phi) is 7.72. The molecule has 0 radical (unpaired) electrons. The van der Waals surface area contributed by atoms with Gasteiger partial charge in [0.1, 0.15) is 6.61 Å². The number of rotatable bonds is 9. The quantitative estimate of drug-likeness (QED) is 0.271. The van der Waals surface area contributed by atoms with Crippen molar-refractivity contribution in [1.82, 2.24) is 10.4 Å². The highest BCUT2D eigenvalue weighted by Crippen LogP contribution is 2.44. The van der Waals surface area contributed by atoms with E-state index in [2.05, 4.69) is 5.32 Å². The summed E-state index contributed by atoms with van der Waals surface area (Å²) >= 11 is 0. The fraction of sp³-hybridized carbons (Fsp3) is 0.176. The van der Waals surface area contributed by atoms with E-state index in [0.29, 0.717) is 5.06 Å². The average Bonchev–Trinajstić information content (AvgIpc) is 3.49. The summed E-state index contributed by atoms with van der Waals surface area (Å²) in [5.41, 5.74) is 5.33. The standard InChI is InChI=1S/C34H28N2O7/c1-21(41-19-22-11-3-2-4-12-22)30(33(39)43-36-31(37)27-17-9-10-18-28(27)32(36)38)35-34(40)42-20-29-25-15-7-5-13-23(25)24-14-6-8-16-26(24)29/h2-18,21,29-30H,19-20H2,1H3,(H,35,40)/t21-,30+/m1/s1. The molecule has 6 rings (SSSR count). The third-order valence-corrected chi connectivity index (χ3v) is 7.63. The second-order valence-corrected chi connectivity index (χ2v) is 10.3. The average molecular weight is 577 g/mol. The molecule has 0 saturated heterocycles. The number of benzene rings is 4. The van der Waals surface area contributed by atoms with Crippen molar-refractivity contribution < 1.29 is 33.5 Å². The highest BCUT2D eigenvalue weighted by atomic mass is 16.7. The van der Waals surface area contributed by atoms with Gasteiger partial charge in [0.05, 0.1) is 23.8 Å². The van der Waals surface area contributed by atoms with E-state index >= 15 is 0 Å². The van der Waals surface area contributed by atoms with Crippen LogP contribution >= 0.6 is 0 Å². The highest BCUT2D eigenvalue weighted by Gasteiger charge is 2.41. The van der Waals surface area contributed by atoms with Gasteiger partial charge in [0, 0.05) is 5.92 Å². The summed E-state index contributed by atoms with van der Waals surface area (Å²) in [6.07, 6.45) is -1.79. The molecule has 3 amide bonds. The number of hydrogen-bond donors (Lipinski definition) is 1. The van der Waals surface area contributed by atoms with Crippen molar-refractivity contribution in [2.45, 2.75) is 31.6 Å². The van der Waals surface area contributed by atoms with Crippen molar-refractivity contribution in [3.05, 3.63) is 131 Å². The minimum Gasteiger partial charge on any atom is -0.449 e. The van der Waals surface area contributed by atoms with Gasteiger partial charge in [-0.1, -0.05) is 96.1 Å². The van der Waals surface area contributed by atoms with E-state index < -0.39 is 36.0 Å². The largest absolute Gasteiger partial charge is 0.449 e. The number of hydroxylamine groups is 2. The first-order chi connectivity index (χ1) is 20.9. The van der Waals surface area contributed by atoms with E-state index in [4.69, 9.17) is 14.3 Å². The Morgan fingerprint density at radius 1 is 0.744 bits per heavy atom. The van der Waals surface area contributed by atoms with E-state index in [1.807, 2.05) is 78.9 Å². The lowest BCUT2D eigenvalue weighted by Crippen LogP contribution is -2.51. The first kappa shape index (κ1) is 27.9. The Morgan fingerprint density at radius 2 is 1.26 bits per heavy atom. The van der Waals surface area contributed by atoms with Crippen LogP contribution in [0.1, 0.15) is 50.2 Å². The van der Waals surface area contributed by atoms with Crippen LogP contribution in [0.25, 0.3) is 11.1 Å². The third-order valence-electron chi connectivity index (χ3n) is 7.63. The van der Waals surface area contributed by atoms with Crippen LogP contribution < -0.4 is 5.32 Å². The van der Waals surface area contributed by atoms with Crippen LogP contribution in [0.4, 0.5) is 4.79 Å². The zero-order valence-electron chi connectivity index (χ0n) is 23.3. The summed E-state index contributed by atoms with van der Waals surface area (Å²) in [5.74, 6) is -2.78. The van der Waals surface area contributed by atoms with Gasteiger partial charge < -0.3 is 19.6 Å². The Balaban J connectivity index is 1.17. The Labute approximate surface area is 247 Å². The molecule has 1 aliphatic carbocycles.